The minimum Gasteiger partial charge on any atom is -0.375 e. The average Bonchev–Trinajstić information content (AvgIpc) is 2.27. The van der Waals surface area contributed by atoms with E-state index in [0.29, 0.717) is 5.69 Å². The normalized spacial score (nSPS) is 11.1. The standard InChI is InChI=1S/C11H13F3N2OS/c1-18-6-10(17)16-9-5-3-2-4-8(9)15-7-11(12,13)14/h2-5,15H,6-7H2,1H3,(H,16,17). The van der Waals surface area contributed by atoms with Crippen LogP contribution in [0.25, 0.3) is 0 Å². The molecule has 1 amide bonds. The lowest BCUT2D eigenvalue weighted by Crippen LogP contribution is -2.22. The summed E-state index contributed by atoms with van der Waals surface area (Å²) in [5, 5.41) is 4.81. The van der Waals surface area contributed by atoms with Gasteiger partial charge in [0, 0.05) is 0 Å². The van der Waals surface area contributed by atoms with Crippen molar-refractivity contribution in [1.82, 2.24) is 0 Å². The Hall–Kier alpha value is -1.37. The maximum atomic E-state index is 12.1. The minimum atomic E-state index is -4.30. The van der Waals surface area contributed by atoms with E-state index in [4.69, 9.17) is 0 Å². The Balaban J connectivity index is 2.70. The molecule has 0 aliphatic rings. The molecule has 1 aromatic carbocycles. The Labute approximate surface area is 107 Å². The molecular formula is C11H13F3N2OS. The summed E-state index contributed by atoms with van der Waals surface area (Å²) in [6, 6.07) is 6.29. The maximum Gasteiger partial charge on any atom is 0.405 e. The summed E-state index contributed by atoms with van der Waals surface area (Å²) in [7, 11) is 0. The average molecular weight is 278 g/mol. The number of amides is 1. The third-order valence-electron chi connectivity index (χ3n) is 1.96. The summed E-state index contributed by atoms with van der Waals surface area (Å²) in [5.74, 6) is 0.0110. The zero-order valence-corrected chi connectivity index (χ0v) is 10.5. The summed E-state index contributed by atoms with van der Waals surface area (Å²) in [6.07, 6.45) is -2.52. The quantitative estimate of drug-likeness (QED) is 0.870. The number of alkyl halides is 3. The molecular weight excluding hydrogens is 265 g/mol. The molecule has 0 fully saturated rings. The second kappa shape index (κ2) is 6.53. The number of nitrogens with one attached hydrogen (secondary N) is 2. The molecule has 0 bridgehead atoms. The van der Waals surface area contributed by atoms with Crippen LogP contribution in [0.5, 0.6) is 0 Å². The van der Waals surface area contributed by atoms with E-state index in [1.807, 2.05) is 0 Å². The molecule has 0 heterocycles. The van der Waals surface area contributed by atoms with E-state index in [-0.39, 0.29) is 17.3 Å². The molecule has 0 aliphatic heterocycles. The Morgan fingerprint density at radius 1 is 1.28 bits per heavy atom. The van der Waals surface area contributed by atoms with Crippen molar-refractivity contribution < 1.29 is 18.0 Å². The fourth-order valence-corrected chi connectivity index (χ4v) is 1.59. The third-order valence-corrected chi connectivity index (χ3v) is 2.51. The lowest BCUT2D eigenvalue weighted by molar-refractivity contribution is -0.115. The van der Waals surface area contributed by atoms with E-state index in [1.165, 1.54) is 17.8 Å². The van der Waals surface area contributed by atoms with Gasteiger partial charge in [-0.2, -0.15) is 24.9 Å². The highest BCUT2D eigenvalue weighted by molar-refractivity contribution is 7.99. The van der Waals surface area contributed by atoms with Gasteiger partial charge in [-0.15, -0.1) is 0 Å². The van der Waals surface area contributed by atoms with Crippen LogP contribution in [0.2, 0.25) is 0 Å². The monoisotopic (exact) mass is 278 g/mol. The molecule has 1 aromatic rings. The molecule has 0 spiro atoms. The number of hydrogen-bond acceptors (Lipinski definition) is 3. The Kier molecular flexibility index (Phi) is 5.33. The van der Waals surface area contributed by atoms with Crippen molar-refractivity contribution in [3.8, 4) is 0 Å². The number of hydrogen-bond donors (Lipinski definition) is 2. The fraction of sp³-hybridized carbons (Fsp3) is 0.364. The smallest absolute Gasteiger partial charge is 0.375 e. The van der Waals surface area contributed by atoms with Crippen LogP contribution in [0.15, 0.2) is 24.3 Å². The first-order valence-corrected chi connectivity index (χ1v) is 6.50. The van der Waals surface area contributed by atoms with Crippen LogP contribution >= 0.6 is 11.8 Å². The van der Waals surface area contributed by atoms with Gasteiger partial charge in [-0.3, -0.25) is 4.79 Å². The highest BCUT2D eigenvalue weighted by atomic mass is 32.2. The molecule has 0 radical (unpaired) electrons. The van der Waals surface area contributed by atoms with Gasteiger partial charge >= 0.3 is 6.18 Å². The molecule has 1 rings (SSSR count). The first kappa shape index (κ1) is 14.7. The van der Waals surface area contributed by atoms with Crippen molar-refractivity contribution in [1.29, 1.82) is 0 Å². The van der Waals surface area contributed by atoms with Gasteiger partial charge in [-0.25, -0.2) is 0 Å². The molecule has 7 heteroatoms. The molecule has 100 valence electrons. The molecule has 0 saturated heterocycles. The molecule has 3 nitrogen and oxygen atoms in total. The van der Waals surface area contributed by atoms with Crippen LogP contribution in [0, 0.1) is 0 Å². The number of benzene rings is 1. The van der Waals surface area contributed by atoms with Crippen LogP contribution < -0.4 is 10.6 Å². The maximum absolute atomic E-state index is 12.1. The molecule has 18 heavy (non-hydrogen) atoms. The molecule has 0 atom stereocenters. The number of anilines is 2. The summed E-state index contributed by atoms with van der Waals surface area (Å²) in [6.45, 7) is -1.14. The highest BCUT2D eigenvalue weighted by Gasteiger charge is 2.26. The largest absolute Gasteiger partial charge is 0.405 e. The molecule has 0 unspecified atom stereocenters. The number of halogens is 3. The highest BCUT2D eigenvalue weighted by Crippen LogP contribution is 2.23. The van der Waals surface area contributed by atoms with Crippen molar-refractivity contribution in [3.63, 3.8) is 0 Å². The number of carbonyl (C=O) groups is 1. The van der Waals surface area contributed by atoms with Gasteiger partial charge in [0.2, 0.25) is 5.91 Å². The van der Waals surface area contributed by atoms with Crippen molar-refractivity contribution in [2.45, 2.75) is 6.18 Å². The number of rotatable bonds is 5. The zero-order chi connectivity index (χ0) is 13.6. The second-order valence-electron chi connectivity index (χ2n) is 3.50. The van der Waals surface area contributed by atoms with Crippen LogP contribution in [-0.4, -0.2) is 30.6 Å². The van der Waals surface area contributed by atoms with Crippen LogP contribution in [0.4, 0.5) is 24.5 Å². The van der Waals surface area contributed by atoms with Gasteiger partial charge in [0.05, 0.1) is 17.1 Å². The van der Waals surface area contributed by atoms with Crippen LogP contribution in [0.3, 0.4) is 0 Å². The van der Waals surface area contributed by atoms with Gasteiger partial charge < -0.3 is 10.6 Å². The minimum absolute atomic E-state index is 0.247. The summed E-state index contributed by atoms with van der Waals surface area (Å²) >= 11 is 1.34. The number of para-hydroxylation sites is 2. The molecule has 0 saturated carbocycles. The lowest BCUT2D eigenvalue weighted by Gasteiger charge is -2.14. The van der Waals surface area contributed by atoms with Crippen molar-refractivity contribution in [2.75, 3.05) is 29.2 Å². The second-order valence-corrected chi connectivity index (χ2v) is 4.36. The summed E-state index contributed by atoms with van der Waals surface area (Å²) < 4.78 is 36.3. The zero-order valence-electron chi connectivity index (χ0n) is 9.67. The van der Waals surface area contributed by atoms with E-state index >= 15 is 0 Å². The Morgan fingerprint density at radius 3 is 2.44 bits per heavy atom. The third kappa shape index (κ3) is 5.31. The van der Waals surface area contributed by atoms with Gasteiger partial charge in [-0.05, 0) is 18.4 Å². The lowest BCUT2D eigenvalue weighted by atomic mass is 10.2. The van der Waals surface area contributed by atoms with Crippen molar-refractivity contribution in [2.24, 2.45) is 0 Å². The summed E-state index contributed by atoms with van der Waals surface area (Å²) in [4.78, 5) is 11.4. The number of carbonyl (C=O) groups excluding carboxylic acids is 1. The van der Waals surface area contributed by atoms with Crippen LogP contribution in [-0.2, 0) is 4.79 Å². The van der Waals surface area contributed by atoms with Crippen molar-refractivity contribution in [3.05, 3.63) is 24.3 Å². The SMILES string of the molecule is CSCC(=O)Nc1ccccc1NCC(F)(F)F. The van der Waals surface area contributed by atoms with Gasteiger partial charge in [0.15, 0.2) is 0 Å². The fourth-order valence-electron chi connectivity index (χ4n) is 1.26. The summed E-state index contributed by atoms with van der Waals surface area (Å²) in [5.41, 5.74) is 0.602. The van der Waals surface area contributed by atoms with Gasteiger partial charge in [0.1, 0.15) is 6.54 Å². The first-order chi connectivity index (χ1) is 8.42. The first-order valence-electron chi connectivity index (χ1n) is 5.11. The predicted molar refractivity (Wildman–Crippen MR) is 68.0 cm³/mol. The predicted octanol–water partition coefficient (Wildman–Crippen LogP) is 2.96. The topological polar surface area (TPSA) is 41.1 Å². The van der Waals surface area contributed by atoms with E-state index < -0.39 is 12.7 Å². The van der Waals surface area contributed by atoms with Crippen molar-refractivity contribution >= 4 is 29.0 Å². The number of thioether (sulfide) groups is 1. The van der Waals surface area contributed by atoms with Crippen LogP contribution in [0.1, 0.15) is 0 Å². The van der Waals surface area contributed by atoms with E-state index in [1.54, 1.807) is 24.5 Å². The molecule has 0 aliphatic carbocycles. The van der Waals surface area contributed by atoms with E-state index in [0.717, 1.165) is 0 Å². The Bertz CT molecular complexity index is 410. The van der Waals surface area contributed by atoms with Gasteiger partial charge in [0.25, 0.3) is 0 Å². The molecule has 0 aromatic heterocycles. The molecule has 2 N–H and O–H groups in total. The van der Waals surface area contributed by atoms with Gasteiger partial charge in [-0.1, -0.05) is 12.1 Å². The Morgan fingerprint density at radius 2 is 1.89 bits per heavy atom. The van der Waals surface area contributed by atoms with E-state index in [2.05, 4.69) is 10.6 Å². The van der Waals surface area contributed by atoms with E-state index in [9.17, 15) is 18.0 Å².